The lowest BCUT2D eigenvalue weighted by atomic mass is 9.82. The van der Waals surface area contributed by atoms with E-state index in [1.54, 1.807) is 0 Å². The number of nitrogens with two attached hydrogens (primary N) is 1. The molecule has 1 heterocycles. The molecule has 1 aliphatic carbocycles. The molecule has 1 atom stereocenters. The van der Waals surface area contributed by atoms with Crippen molar-refractivity contribution >= 4 is 0 Å². The highest BCUT2D eigenvalue weighted by Crippen LogP contribution is 2.41. The Bertz CT molecular complexity index is 305. The van der Waals surface area contributed by atoms with Crippen molar-refractivity contribution in [2.45, 2.75) is 70.4 Å². The largest absolute Gasteiger partial charge is 0.329 e. The van der Waals surface area contributed by atoms with Gasteiger partial charge in [-0.3, -0.25) is 4.90 Å². The van der Waals surface area contributed by atoms with Crippen molar-refractivity contribution in [3.63, 3.8) is 0 Å². The maximum Gasteiger partial charge on any atom is 0.0331 e. The van der Waals surface area contributed by atoms with Crippen LogP contribution < -0.4 is 5.73 Å². The van der Waals surface area contributed by atoms with Gasteiger partial charge in [0.15, 0.2) is 0 Å². The van der Waals surface area contributed by atoms with Gasteiger partial charge in [0.2, 0.25) is 0 Å². The average Bonchev–Trinajstić information content (AvgIpc) is 2.58. The van der Waals surface area contributed by atoms with Crippen LogP contribution in [0.15, 0.2) is 0 Å². The van der Waals surface area contributed by atoms with E-state index in [9.17, 15) is 0 Å². The Morgan fingerprint density at radius 3 is 2.25 bits per heavy atom. The Morgan fingerprint density at radius 2 is 1.70 bits per heavy atom. The van der Waals surface area contributed by atoms with Gasteiger partial charge in [0.1, 0.15) is 0 Å². The highest BCUT2D eigenvalue weighted by atomic mass is 15.2. The number of likely N-dealkylation sites (tertiary alicyclic amines) is 1. The molecule has 3 nitrogen and oxygen atoms in total. The van der Waals surface area contributed by atoms with Crippen LogP contribution in [-0.4, -0.2) is 55.1 Å². The summed E-state index contributed by atoms with van der Waals surface area (Å²) in [5.41, 5.74) is 7.08. The molecule has 0 aromatic heterocycles. The number of rotatable bonds is 3. The SMILES string of the molecule is CN(C)C1CCN(C2(CN)CCCC(C)(C)CC2)CC1. The zero-order valence-electron chi connectivity index (χ0n) is 14.1. The number of hydrogen-bond donors (Lipinski definition) is 1. The molecule has 2 aliphatic rings. The van der Waals surface area contributed by atoms with E-state index in [0.717, 1.165) is 12.6 Å². The van der Waals surface area contributed by atoms with E-state index in [4.69, 9.17) is 5.73 Å². The summed E-state index contributed by atoms with van der Waals surface area (Å²) >= 11 is 0. The van der Waals surface area contributed by atoms with Gasteiger partial charge < -0.3 is 10.6 Å². The zero-order chi connectivity index (χ0) is 14.8. The van der Waals surface area contributed by atoms with Crippen LogP contribution in [-0.2, 0) is 0 Å². The molecule has 1 saturated carbocycles. The second-order valence-electron chi connectivity index (χ2n) is 8.13. The summed E-state index contributed by atoms with van der Waals surface area (Å²) in [7, 11) is 4.43. The maximum absolute atomic E-state index is 6.27. The lowest BCUT2D eigenvalue weighted by Crippen LogP contribution is -2.57. The number of nitrogens with zero attached hydrogens (tertiary/aromatic N) is 2. The molecule has 3 heteroatoms. The molecule has 1 saturated heterocycles. The van der Waals surface area contributed by atoms with Crippen LogP contribution in [0, 0.1) is 5.41 Å². The van der Waals surface area contributed by atoms with Crippen LogP contribution in [0.1, 0.15) is 58.8 Å². The summed E-state index contributed by atoms with van der Waals surface area (Å²) in [6.45, 7) is 8.17. The third-order valence-corrected chi connectivity index (χ3v) is 6.01. The van der Waals surface area contributed by atoms with Gasteiger partial charge >= 0.3 is 0 Å². The van der Waals surface area contributed by atoms with E-state index >= 15 is 0 Å². The van der Waals surface area contributed by atoms with E-state index < -0.39 is 0 Å². The Hall–Kier alpha value is -0.120. The van der Waals surface area contributed by atoms with Gasteiger partial charge in [0.25, 0.3) is 0 Å². The fraction of sp³-hybridized carbons (Fsp3) is 1.00. The van der Waals surface area contributed by atoms with Crippen molar-refractivity contribution in [3.05, 3.63) is 0 Å². The van der Waals surface area contributed by atoms with E-state index in [-0.39, 0.29) is 0 Å². The summed E-state index contributed by atoms with van der Waals surface area (Å²) < 4.78 is 0. The first-order chi connectivity index (χ1) is 9.38. The summed E-state index contributed by atoms with van der Waals surface area (Å²) in [4.78, 5) is 5.14. The topological polar surface area (TPSA) is 32.5 Å². The quantitative estimate of drug-likeness (QED) is 0.807. The third-order valence-electron chi connectivity index (χ3n) is 6.01. The molecule has 2 fully saturated rings. The molecule has 2 rings (SSSR count). The fourth-order valence-corrected chi connectivity index (χ4v) is 4.22. The van der Waals surface area contributed by atoms with Gasteiger partial charge in [-0.05, 0) is 58.0 Å². The molecule has 0 radical (unpaired) electrons. The minimum absolute atomic E-state index is 0.297. The van der Waals surface area contributed by atoms with E-state index in [0.29, 0.717) is 11.0 Å². The minimum Gasteiger partial charge on any atom is -0.329 e. The first-order valence-corrected chi connectivity index (χ1v) is 8.50. The van der Waals surface area contributed by atoms with Crippen molar-refractivity contribution < 1.29 is 0 Å². The first kappa shape index (κ1) is 16.3. The van der Waals surface area contributed by atoms with Crippen LogP contribution in [0.2, 0.25) is 0 Å². The average molecular weight is 281 g/mol. The van der Waals surface area contributed by atoms with Crippen molar-refractivity contribution in [1.82, 2.24) is 9.80 Å². The monoisotopic (exact) mass is 281 g/mol. The predicted molar refractivity (Wildman–Crippen MR) is 86.9 cm³/mol. The zero-order valence-corrected chi connectivity index (χ0v) is 14.1. The molecule has 0 bridgehead atoms. The van der Waals surface area contributed by atoms with Gasteiger partial charge in [0.05, 0.1) is 0 Å². The van der Waals surface area contributed by atoms with Crippen molar-refractivity contribution in [1.29, 1.82) is 0 Å². The fourth-order valence-electron chi connectivity index (χ4n) is 4.22. The normalized spacial score (nSPS) is 33.3. The third kappa shape index (κ3) is 3.55. The summed E-state index contributed by atoms with van der Waals surface area (Å²) in [5, 5.41) is 0. The molecular weight excluding hydrogens is 246 g/mol. The minimum atomic E-state index is 0.297. The van der Waals surface area contributed by atoms with Gasteiger partial charge in [-0.2, -0.15) is 0 Å². The van der Waals surface area contributed by atoms with Crippen LogP contribution in [0.5, 0.6) is 0 Å². The van der Waals surface area contributed by atoms with Crippen molar-refractivity contribution in [2.24, 2.45) is 11.1 Å². The predicted octanol–water partition coefficient (Wildman–Crippen LogP) is 2.70. The van der Waals surface area contributed by atoms with E-state index in [1.807, 2.05) is 0 Å². The highest BCUT2D eigenvalue weighted by molar-refractivity contribution is 4.97. The van der Waals surface area contributed by atoms with Crippen molar-refractivity contribution in [3.8, 4) is 0 Å². The van der Waals surface area contributed by atoms with Crippen LogP contribution in [0.25, 0.3) is 0 Å². The molecule has 1 aliphatic heterocycles. The lowest BCUT2D eigenvalue weighted by Gasteiger charge is -2.47. The second-order valence-corrected chi connectivity index (χ2v) is 8.13. The summed E-state index contributed by atoms with van der Waals surface area (Å²) in [6, 6.07) is 0.767. The molecule has 20 heavy (non-hydrogen) atoms. The van der Waals surface area contributed by atoms with Crippen LogP contribution in [0.4, 0.5) is 0 Å². The van der Waals surface area contributed by atoms with Gasteiger partial charge in [-0.25, -0.2) is 0 Å². The Morgan fingerprint density at radius 1 is 1.05 bits per heavy atom. The summed E-state index contributed by atoms with van der Waals surface area (Å²) in [5.74, 6) is 0. The molecule has 0 spiro atoms. The highest BCUT2D eigenvalue weighted by Gasteiger charge is 2.40. The van der Waals surface area contributed by atoms with Gasteiger partial charge in [-0.1, -0.05) is 20.3 Å². The molecule has 0 amide bonds. The molecule has 2 N–H and O–H groups in total. The molecule has 1 unspecified atom stereocenters. The van der Waals surface area contributed by atoms with Crippen LogP contribution in [0.3, 0.4) is 0 Å². The van der Waals surface area contributed by atoms with E-state index in [1.165, 1.54) is 58.0 Å². The Kier molecular flexibility index (Phi) is 5.14. The summed E-state index contributed by atoms with van der Waals surface area (Å²) in [6.07, 6.45) is 9.25. The Labute approximate surface area is 125 Å². The second kappa shape index (κ2) is 6.33. The molecule has 118 valence electrons. The van der Waals surface area contributed by atoms with E-state index in [2.05, 4.69) is 37.7 Å². The standard InChI is InChI=1S/C17H35N3/c1-16(2)8-5-9-17(14-18,11-10-16)20-12-6-15(7-13-20)19(3)4/h15H,5-14,18H2,1-4H3. The first-order valence-electron chi connectivity index (χ1n) is 8.50. The number of hydrogen-bond acceptors (Lipinski definition) is 3. The number of piperidine rings is 1. The molecule has 0 aromatic rings. The Balaban J connectivity index is 2.01. The molecule has 0 aromatic carbocycles. The molecular formula is C17H35N3. The maximum atomic E-state index is 6.27. The van der Waals surface area contributed by atoms with Gasteiger partial charge in [-0.15, -0.1) is 0 Å². The van der Waals surface area contributed by atoms with Crippen molar-refractivity contribution in [2.75, 3.05) is 33.7 Å². The smallest absolute Gasteiger partial charge is 0.0331 e. The van der Waals surface area contributed by atoms with Gasteiger partial charge in [0, 0.05) is 31.2 Å². The lowest BCUT2D eigenvalue weighted by molar-refractivity contribution is 0.0327. The van der Waals surface area contributed by atoms with Crippen LogP contribution >= 0.6 is 0 Å².